The van der Waals surface area contributed by atoms with E-state index in [2.05, 4.69) is 30.2 Å². The molecule has 2 heteroatoms. The van der Waals surface area contributed by atoms with Gasteiger partial charge in [-0.2, -0.15) is 0 Å². The Hall–Kier alpha value is -0.890. The molecule has 1 fully saturated rings. The molecule has 1 unspecified atom stereocenters. The second-order valence-corrected chi connectivity index (χ2v) is 5.08. The van der Waals surface area contributed by atoms with Gasteiger partial charge in [0.15, 0.2) is 0 Å². The van der Waals surface area contributed by atoms with E-state index >= 15 is 0 Å². The van der Waals surface area contributed by atoms with Gasteiger partial charge in [-0.15, -0.1) is 0 Å². The Bertz CT molecular complexity index is 327. The van der Waals surface area contributed by atoms with Crippen LogP contribution in [0.5, 0.6) is 0 Å². The number of pyridine rings is 1. The highest BCUT2D eigenvalue weighted by Gasteiger charge is 2.15. The summed E-state index contributed by atoms with van der Waals surface area (Å²) in [5.41, 5.74) is 2.89. The lowest BCUT2D eigenvalue weighted by molar-refractivity contribution is 0.398. The summed E-state index contributed by atoms with van der Waals surface area (Å²) < 4.78 is 0. The second kappa shape index (κ2) is 5.44. The summed E-state index contributed by atoms with van der Waals surface area (Å²) in [6, 6.07) is 2.83. The highest BCUT2D eigenvalue weighted by Crippen LogP contribution is 2.21. The Labute approximate surface area is 98.5 Å². The minimum absolute atomic E-state index is 0.599. The lowest BCUT2D eigenvalue weighted by atomic mass is 9.92. The van der Waals surface area contributed by atoms with Gasteiger partial charge in [0.05, 0.1) is 0 Å². The molecule has 1 N–H and O–H groups in total. The van der Waals surface area contributed by atoms with Gasteiger partial charge in [-0.1, -0.05) is 20.3 Å². The van der Waals surface area contributed by atoms with Gasteiger partial charge in [-0.05, 0) is 48.9 Å². The predicted octanol–water partition coefficient (Wildman–Crippen LogP) is 2.89. The van der Waals surface area contributed by atoms with Crippen LogP contribution < -0.4 is 5.32 Å². The fourth-order valence-corrected chi connectivity index (χ4v) is 2.54. The molecule has 0 amide bonds. The van der Waals surface area contributed by atoms with Crippen molar-refractivity contribution in [1.29, 1.82) is 0 Å². The first-order chi connectivity index (χ1) is 7.77. The van der Waals surface area contributed by atoms with Crippen LogP contribution in [-0.4, -0.2) is 17.6 Å². The standard InChI is InChI=1S/C14H22N2/c1-11(2)14-6-8-15-10-12(14)9-13-5-3-4-7-16-13/h6,8,10-11,13,16H,3-5,7,9H2,1-2H3. The van der Waals surface area contributed by atoms with Crippen LogP contribution in [0.4, 0.5) is 0 Å². The minimum Gasteiger partial charge on any atom is -0.314 e. The van der Waals surface area contributed by atoms with E-state index in [9.17, 15) is 0 Å². The van der Waals surface area contributed by atoms with Crippen LogP contribution in [0, 0.1) is 0 Å². The van der Waals surface area contributed by atoms with Gasteiger partial charge in [-0.25, -0.2) is 0 Å². The maximum absolute atomic E-state index is 4.27. The topological polar surface area (TPSA) is 24.9 Å². The van der Waals surface area contributed by atoms with E-state index < -0.39 is 0 Å². The Morgan fingerprint density at radius 3 is 3.00 bits per heavy atom. The van der Waals surface area contributed by atoms with E-state index in [0.29, 0.717) is 12.0 Å². The molecule has 0 bridgehead atoms. The molecule has 2 heterocycles. The van der Waals surface area contributed by atoms with Crippen molar-refractivity contribution in [2.75, 3.05) is 6.54 Å². The average molecular weight is 218 g/mol. The summed E-state index contributed by atoms with van der Waals surface area (Å²) in [4.78, 5) is 4.27. The monoisotopic (exact) mass is 218 g/mol. The van der Waals surface area contributed by atoms with Gasteiger partial charge >= 0.3 is 0 Å². The molecule has 2 rings (SSSR count). The summed E-state index contributed by atoms with van der Waals surface area (Å²) in [6.45, 7) is 5.70. The Kier molecular flexibility index (Phi) is 3.94. The molecule has 2 nitrogen and oxygen atoms in total. The molecule has 0 spiro atoms. The van der Waals surface area contributed by atoms with E-state index in [1.54, 1.807) is 0 Å². The van der Waals surface area contributed by atoms with E-state index in [-0.39, 0.29) is 0 Å². The van der Waals surface area contributed by atoms with Crippen LogP contribution in [-0.2, 0) is 6.42 Å². The third kappa shape index (κ3) is 2.82. The van der Waals surface area contributed by atoms with Gasteiger partial charge in [0.25, 0.3) is 0 Å². The van der Waals surface area contributed by atoms with Gasteiger partial charge in [0, 0.05) is 18.4 Å². The van der Waals surface area contributed by atoms with Gasteiger partial charge in [-0.3, -0.25) is 4.98 Å². The largest absolute Gasteiger partial charge is 0.314 e. The van der Waals surface area contributed by atoms with E-state index in [4.69, 9.17) is 0 Å². The average Bonchev–Trinajstić information content (AvgIpc) is 2.31. The first kappa shape index (κ1) is 11.6. The van der Waals surface area contributed by atoms with Gasteiger partial charge < -0.3 is 5.32 Å². The number of hydrogen-bond acceptors (Lipinski definition) is 2. The van der Waals surface area contributed by atoms with Crippen LogP contribution in [0.3, 0.4) is 0 Å². The first-order valence-corrected chi connectivity index (χ1v) is 6.43. The zero-order chi connectivity index (χ0) is 11.4. The summed E-state index contributed by atoms with van der Waals surface area (Å²) >= 11 is 0. The summed E-state index contributed by atoms with van der Waals surface area (Å²) in [5, 5.41) is 3.61. The van der Waals surface area contributed by atoms with Crippen molar-refractivity contribution >= 4 is 0 Å². The molecule has 0 saturated carbocycles. The molecular formula is C14H22N2. The van der Waals surface area contributed by atoms with Crippen molar-refractivity contribution < 1.29 is 0 Å². The van der Waals surface area contributed by atoms with Crippen molar-refractivity contribution in [3.63, 3.8) is 0 Å². The zero-order valence-electron chi connectivity index (χ0n) is 10.4. The summed E-state index contributed by atoms with van der Waals surface area (Å²) in [7, 11) is 0. The Balaban J connectivity index is 2.07. The fraction of sp³-hybridized carbons (Fsp3) is 0.643. The maximum Gasteiger partial charge on any atom is 0.0303 e. The lowest BCUT2D eigenvalue weighted by Crippen LogP contribution is -2.35. The quantitative estimate of drug-likeness (QED) is 0.844. The van der Waals surface area contributed by atoms with Crippen LogP contribution >= 0.6 is 0 Å². The van der Waals surface area contributed by atoms with Crippen molar-refractivity contribution in [3.8, 4) is 0 Å². The molecule has 1 aromatic heterocycles. The molecule has 1 aliphatic heterocycles. The Morgan fingerprint density at radius 2 is 2.31 bits per heavy atom. The second-order valence-electron chi connectivity index (χ2n) is 5.08. The molecule has 1 aromatic rings. The van der Waals surface area contributed by atoms with Crippen molar-refractivity contribution in [2.45, 2.75) is 51.5 Å². The number of piperidine rings is 1. The molecule has 1 atom stereocenters. The van der Waals surface area contributed by atoms with Gasteiger partial charge in [0.1, 0.15) is 0 Å². The van der Waals surface area contributed by atoms with Crippen LogP contribution in [0.2, 0.25) is 0 Å². The van der Waals surface area contributed by atoms with Crippen LogP contribution in [0.15, 0.2) is 18.5 Å². The summed E-state index contributed by atoms with van der Waals surface area (Å²) in [6.07, 6.45) is 9.11. The number of aromatic nitrogens is 1. The summed E-state index contributed by atoms with van der Waals surface area (Å²) in [5.74, 6) is 0.599. The van der Waals surface area contributed by atoms with E-state index in [0.717, 1.165) is 6.42 Å². The lowest BCUT2D eigenvalue weighted by Gasteiger charge is -2.24. The third-order valence-corrected chi connectivity index (χ3v) is 3.44. The van der Waals surface area contributed by atoms with Crippen LogP contribution in [0.1, 0.15) is 50.2 Å². The molecular weight excluding hydrogens is 196 g/mol. The zero-order valence-corrected chi connectivity index (χ0v) is 10.4. The molecule has 1 saturated heterocycles. The number of nitrogens with zero attached hydrogens (tertiary/aromatic N) is 1. The Morgan fingerprint density at radius 1 is 1.44 bits per heavy atom. The molecule has 16 heavy (non-hydrogen) atoms. The molecule has 88 valence electrons. The predicted molar refractivity (Wildman–Crippen MR) is 67.7 cm³/mol. The number of nitrogens with one attached hydrogen (secondary N) is 1. The molecule has 1 aliphatic rings. The van der Waals surface area contributed by atoms with Crippen molar-refractivity contribution in [3.05, 3.63) is 29.6 Å². The smallest absolute Gasteiger partial charge is 0.0303 e. The molecule has 0 aromatic carbocycles. The maximum atomic E-state index is 4.27. The number of rotatable bonds is 3. The van der Waals surface area contributed by atoms with E-state index in [1.165, 1.54) is 36.9 Å². The highest BCUT2D eigenvalue weighted by molar-refractivity contribution is 5.27. The van der Waals surface area contributed by atoms with Gasteiger partial charge in [0.2, 0.25) is 0 Å². The molecule has 0 aliphatic carbocycles. The third-order valence-electron chi connectivity index (χ3n) is 3.44. The normalized spacial score (nSPS) is 21.3. The first-order valence-electron chi connectivity index (χ1n) is 6.43. The van der Waals surface area contributed by atoms with Crippen LogP contribution in [0.25, 0.3) is 0 Å². The highest BCUT2D eigenvalue weighted by atomic mass is 14.9. The molecule has 0 radical (unpaired) electrons. The SMILES string of the molecule is CC(C)c1ccncc1CC1CCCCN1. The van der Waals surface area contributed by atoms with E-state index in [1.807, 2.05) is 12.4 Å². The van der Waals surface area contributed by atoms with Crippen molar-refractivity contribution in [2.24, 2.45) is 0 Å². The number of hydrogen-bond donors (Lipinski definition) is 1. The fourth-order valence-electron chi connectivity index (χ4n) is 2.54. The minimum atomic E-state index is 0.599. The van der Waals surface area contributed by atoms with Crippen molar-refractivity contribution in [1.82, 2.24) is 10.3 Å².